The molecule has 6 heteroatoms. The van der Waals surface area contributed by atoms with Crippen LogP contribution in [-0.2, 0) is 6.42 Å². The summed E-state index contributed by atoms with van der Waals surface area (Å²) in [4.78, 5) is 11.8. The van der Waals surface area contributed by atoms with Gasteiger partial charge in [0.05, 0.1) is 12.6 Å². The van der Waals surface area contributed by atoms with Crippen LogP contribution in [-0.4, -0.2) is 39.0 Å². The van der Waals surface area contributed by atoms with Crippen molar-refractivity contribution in [1.82, 2.24) is 15.5 Å². The molecular weight excluding hydrogens is 246 g/mol. The Morgan fingerprint density at radius 2 is 2.05 bits per heavy atom. The lowest BCUT2D eigenvalue weighted by molar-refractivity contribution is 0.0911. The van der Waals surface area contributed by atoms with Crippen LogP contribution in [0.1, 0.15) is 16.1 Å². The van der Waals surface area contributed by atoms with Crippen molar-refractivity contribution in [2.75, 3.05) is 6.61 Å². The molecule has 1 aromatic carbocycles. The zero-order chi connectivity index (χ0) is 13.7. The van der Waals surface area contributed by atoms with Gasteiger partial charge in [-0.2, -0.15) is 5.10 Å². The Labute approximate surface area is 110 Å². The highest BCUT2D eigenvalue weighted by molar-refractivity contribution is 5.92. The predicted molar refractivity (Wildman–Crippen MR) is 68.7 cm³/mol. The van der Waals surface area contributed by atoms with E-state index in [4.69, 9.17) is 0 Å². The molecule has 0 saturated heterocycles. The first-order valence-corrected chi connectivity index (χ1v) is 5.88. The quantitative estimate of drug-likeness (QED) is 0.628. The van der Waals surface area contributed by atoms with E-state index < -0.39 is 0 Å². The number of rotatable bonds is 5. The van der Waals surface area contributed by atoms with Gasteiger partial charge in [-0.3, -0.25) is 9.89 Å². The molecule has 0 radical (unpaired) electrons. The molecule has 0 fully saturated rings. The minimum atomic E-state index is -0.389. The Morgan fingerprint density at radius 1 is 1.32 bits per heavy atom. The molecule has 2 aromatic rings. The Kier molecular flexibility index (Phi) is 4.15. The topological polar surface area (TPSA) is 98.2 Å². The number of aromatic nitrogens is 2. The molecule has 1 amide bonds. The average Bonchev–Trinajstić information content (AvgIpc) is 2.94. The summed E-state index contributed by atoms with van der Waals surface area (Å²) in [5, 5.41) is 27.5. The van der Waals surface area contributed by atoms with Gasteiger partial charge in [0.25, 0.3) is 5.91 Å². The number of nitrogens with zero attached hydrogens (tertiary/aromatic N) is 1. The van der Waals surface area contributed by atoms with Crippen LogP contribution in [0.4, 0.5) is 0 Å². The number of aliphatic hydroxyl groups excluding tert-OH is 1. The number of phenols is 1. The maximum Gasteiger partial charge on any atom is 0.269 e. The highest BCUT2D eigenvalue weighted by atomic mass is 16.3. The Hall–Kier alpha value is -2.34. The maximum atomic E-state index is 11.8. The fourth-order valence-corrected chi connectivity index (χ4v) is 1.72. The van der Waals surface area contributed by atoms with E-state index in [0.29, 0.717) is 12.1 Å². The van der Waals surface area contributed by atoms with Crippen LogP contribution in [0.15, 0.2) is 36.5 Å². The number of benzene rings is 1. The summed E-state index contributed by atoms with van der Waals surface area (Å²) < 4.78 is 0. The van der Waals surface area contributed by atoms with Gasteiger partial charge in [-0.05, 0) is 30.2 Å². The highest BCUT2D eigenvalue weighted by Crippen LogP contribution is 2.11. The summed E-state index contributed by atoms with van der Waals surface area (Å²) >= 11 is 0. The van der Waals surface area contributed by atoms with Crippen LogP contribution in [0.25, 0.3) is 0 Å². The second-order valence-electron chi connectivity index (χ2n) is 4.19. The second kappa shape index (κ2) is 6.01. The van der Waals surface area contributed by atoms with Crippen LogP contribution in [0.2, 0.25) is 0 Å². The molecule has 0 spiro atoms. The SMILES string of the molecule is O=C(NC(CO)Cc1ccc(O)cc1)c1ccn[nH]1. The first-order chi connectivity index (χ1) is 9.19. The van der Waals surface area contributed by atoms with Gasteiger partial charge >= 0.3 is 0 Å². The molecule has 1 heterocycles. The lowest BCUT2D eigenvalue weighted by Crippen LogP contribution is -2.39. The van der Waals surface area contributed by atoms with E-state index in [1.807, 2.05) is 0 Å². The van der Waals surface area contributed by atoms with Gasteiger partial charge in [0, 0.05) is 6.20 Å². The van der Waals surface area contributed by atoms with Crippen LogP contribution in [0.3, 0.4) is 0 Å². The van der Waals surface area contributed by atoms with Gasteiger partial charge < -0.3 is 15.5 Å². The molecule has 1 unspecified atom stereocenters. The zero-order valence-electron chi connectivity index (χ0n) is 10.2. The van der Waals surface area contributed by atoms with E-state index >= 15 is 0 Å². The van der Waals surface area contributed by atoms with Crippen LogP contribution in [0.5, 0.6) is 5.75 Å². The first-order valence-electron chi connectivity index (χ1n) is 5.88. The van der Waals surface area contributed by atoms with Crippen molar-refractivity contribution in [3.05, 3.63) is 47.8 Å². The van der Waals surface area contributed by atoms with Crippen molar-refractivity contribution in [2.24, 2.45) is 0 Å². The number of hydrogen-bond donors (Lipinski definition) is 4. The summed E-state index contributed by atoms with van der Waals surface area (Å²) in [6.45, 7) is -0.166. The monoisotopic (exact) mass is 261 g/mol. The lowest BCUT2D eigenvalue weighted by Gasteiger charge is -2.15. The number of amides is 1. The number of aliphatic hydroxyl groups is 1. The van der Waals surface area contributed by atoms with Gasteiger partial charge in [0.15, 0.2) is 0 Å². The molecule has 1 atom stereocenters. The van der Waals surface area contributed by atoms with E-state index in [-0.39, 0.29) is 24.3 Å². The number of carbonyl (C=O) groups is 1. The van der Waals surface area contributed by atoms with E-state index in [9.17, 15) is 15.0 Å². The smallest absolute Gasteiger partial charge is 0.269 e. The van der Waals surface area contributed by atoms with Gasteiger partial charge in [-0.15, -0.1) is 0 Å². The molecule has 0 bridgehead atoms. The van der Waals surface area contributed by atoms with Crippen molar-refractivity contribution in [2.45, 2.75) is 12.5 Å². The Bertz CT molecular complexity index is 523. The van der Waals surface area contributed by atoms with Crippen LogP contribution in [0, 0.1) is 0 Å². The number of nitrogens with one attached hydrogen (secondary N) is 2. The van der Waals surface area contributed by atoms with Gasteiger partial charge in [-0.25, -0.2) is 0 Å². The average molecular weight is 261 g/mol. The fraction of sp³-hybridized carbons (Fsp3) is 0.231. The molecule has 0 aliphatic carbocycles. The molecule has 0 aliphatic heterocycles. The van der Waals surface area contributed by atoms with E-state index in [2.05, 4.69) is 15.5 Å². The molecule has 19 heavy (non-hydrogen) atoms. The third-order valence-electron chi connectivity index (χ3n) is 2.72. The van der Waals surface area contributed by atoms with E-state index in [0.717, 1.165) is 5.56 Å². The molecular formula is C13H15N3O3. The minimum Gasteiger partial charge on any atom is -0.508 e. The highest BCUT2D eigenvalue weighted by Gasteiger charge is 2.14. The summed E-state index contributed by atoms with van der Waals surface area (Å²) in [5.74, 6) is -0.124. The fourth-order valence-electron chi connectivity index (χ4n) is 1.72. The molecule has 4 N–H and O–H groups in total. The number of carbonyl (C=O) groups excluding carboxylic acids is 1. The Balaban J connectivity index is 1.97. The number of phenolic OH excluding ortho intramolecular Hbond substituents is 1. The van der Waals surface area contributed by atoms with E-state index in [1.165, 1.54) is 6.20 Å². The molecule has 6 nitrogen and oxygen atoms in total. The number of aromatic amines is 1. The predicted octanol–water partition coefficient (Wildman–Crippen LogP) is 0.449. The normalized spacial score (nSPS) is 12.1. The third kappa shape index (κ3) is 3.56. The van der Waals surface area contributed by atoms with Gasteiger partial charge in [0.1, 0.15) is 11.4 Å². The lowest BCUT2D eigenvalue weighted by atomic mass is 10.1. The maximum absolute atomic E-state index is 11.8. The molecule has 100 valence electrons. The second-order valence-corrected chi connectivity index (χ2v) is 4.19. The van der Waals surface area contributed by atoms with Crippen molar-refractivity contribution in [3.8, 4) is 5.75 Å². The largest absolute Gasteiger partial charge is 0.508 e. The standard InChI is InChI=1S/C13H15N3O3/c17-8-10(7-9-1-3-11(18)4-2-9)15-13(19)12-5-6-14-16-12/h1-6,10,17-18H,7-8H2,(H,14,16)(H,15,19). The Morgan fingerprint density at radius 3 is 2.63 bits per heavy atom. The van der Waals surface area contributed by atoms with Gasteiger partial charge in [-0.1, -0.05) is 12.1 Å². The third-order valence-corrected chi connectivity index (χ3v) is 2.72. The van der Waals surface area contributed by atoms with Crippen molar-refractivity contribution in [1.29, 1.82) is 0 Å². The molecule has 1 aromatic heterocycles. The van der Waals surface area contributed by atoms with Crippen LogP contribution < -0.4 is 5.32 Å². The number of hydrogen-bond acceptors (Lipinski definition) is 4. The minimum absolute atomic E-state index is 0.166. The van der Waals surface area contributed by atoms with Crippen LogP contribution >= 0.6 is 0 Å². The zero-order valence-corrected chi connectivity index (χ0v) is 10.2. The van der Waals surface area contributed by atoms with E-state index in [1.54, 1.807) is 30.3 Å². The van der Waals surface area contributed by atoms with Crippen molar-refractivity contribution < 1.29 is 15.0 Å². The number of aromatic hydroxyl groups is 1. The molecule has 0 saturated carbocycles. The summed E-state index contributed by atoms with van der Waals surface area (Å²) in [6.07, 6.45) is 1.97. The first kappa shape index (κ1) is 13.1. The molecule has 0 aliphatic rings. The van der Waals surface area contributed by atoms with Crippen molar-refractivity contribution in [3.63, 3.8) is 0 Å². The van der Waals surface area contributed by atoms with Crippen molar-refractivity contribution >= 4 is 5.91 Å². The summed E-state index contributed by atoms with van der Waals surface area (Å²) in [5.41, 5.74) is 1.27. The summed E-state index contributed by atoms with van der Waals surface area (Å²) in [7, 11) is 0. The summed E-state index contributed by atoms with van der Waals surface area (Å²) in [6, 6.07) is 7.81. The molecule has 2 rings (SSSR count). The number of H-pyrrole nitrogens is 1. The van der Waals surface area contributed by atoms with Gasteiger partial charge in [0.2, 0.25) is 0 Å².